The summed E-state index contributed by atoms with van der Waals surface area (Å²) in [4.78, 5) is 0. The van der Waals surface area contributed by atoms with Gasteiger partial charge in [0.1, 0.15) is 0 Å². The van der Waals surface area contributed by atoms with Crippen LogP contribution in [0.5, 0.6) is 0 Å². The van der Waals surface area contributed by atoms with Gasteiger partial charge in [0.2, 0.25) is 0 Å². The smallest absolute Gasteiger partial charge is 0.0737 e. The fourth-order valence-electron chi connectivity index (χ4n) is 2.58. The molecule has 1 atom stereocenters. The van der Waals surface area contributed by atoms with E-state index in [4.69, 9.17) is 5.73 Å². The molecule has 3 nitrogen and oxygen atoms in total. The molecule has 0 bridgehead atoms. The summed E-state index contributed by atoms with van der Waals surface area (Å²) in [5.41, 5.74) is 9.93. The van der Waals surface area contributed by atoms with Gasteiger partial charge < -0.3 is 5.73 Å². The highest BCUT2D eigenvalue weighted by molar-refractivity contribution is 7.17. The molecule has 1 unspecified atom stereocenters. The highest BCUT2D eigenvalue weighted by Crippen LogP contribution is 2.31. The van der Waals surface area contributed by atoms with Gasteiger partial charge >= 0.3 is 0 Å². The monoisotopic (exact) mass is 285 g/mol. The molecule has 0 saturated carbocycles. The Morgan fingerprint density at radius 2 is 2.15 bits per heavy atom. The van der Waals surface area contributed by atoms with Crippen LogP contribution in [-0.2, 0) is 13.0 Å². The van der Waals surface area contributed by atoms with Gasteiger partial charge in [-0.25, -0.2) is 0 Å². The number of aromatic nitrogens is 2. The second-order valence-electron chi connectivity index (χ2n) is 4.89. The average molecular weight is 285 g/mol. The minimum atomic E-state index is -0.120. The van der Waals surface area contributed by atoms with Crippen LogP contribution >= 0.6 is 11.3 Å². The van der Waals surface area contributed by atoms with Crippen LogP contribution in [0.3, 0.4) is 0 Å². The summed E-state index contributed by atoms with van der Waals surface area (Å²) in [6.07, 6.45) is 0.940. The van der Waals surface area contributed by atoms with E-state index in [1.54, 1.807) is 11.3 Å². The number of nitrogens with zero attached hydrogens (tertiary/aromatic N) is 2. The first kappa shape index (κ1) is 13.3. The van der Waals surface area contributed by atoms with Crippen LogP contribution in [0.15, 0.2) is 35.7 Å². The van der Waals surface area contributed by atoms with Gasteiger partial charge in [-0.1, -0.05) is 25.1 Å². The SMILES string of the molecule is CCc1cc(C(N)c2cccc3ccsc23)n(CC)n1. The molecule has 4 heteroatoms. The molecule has 0 saturated heterocycles. The number of benzene rings is 1. The Balaban J connectivity index is 2.10. The second kappa shape index (κ2) is 5.38. The molecule has 0 spiro atoms. The zero-order chi connectivity index (χ0) is 14.1. The van der Waals surface area contributed by atoms with Crippen LogP contribution in [0.4, 0.5) is 0 Å². The lowest BCUT2D eigenvalue weighted by Crippen LogP contribution is -2.17. The molecule has 3 rings (SSSR count). The summed E-state index contributed by atoms with van der Waals surface area (Å²) in [5, 5.41) is 7.99. The van der Waals surface area contributed by atoms with E-state index in [2.05, 4.69) is 54.7 Å². The van der Waals surface area contributed by atoms with Crippen molar-refractivity contribution in [2.45, 2.75) is 32.9 Å². The maximum Gasteiger partial charge on any atom is 0.0737 e. The van der Waals surface area contributed by atoms with E-state index in [0.29, 0.717) is 0 Å². The highest BCUT2D eigenvalue weighted by Gasteiger charge is 2.18. The third kappa shape index (κ3) is 2.15. The van der Waals surface area contributed by atoms with Crippen molar-refractivity contribution in [3.63, 3.8) is 0 Å². The maximum absolute atomic E-state index is 6.53. The maximum atomic E-state index is 6.53. The Morgan fingerprint density at radius 1 is 1.30 bits per heavy atom. The Hall–Kier alpha value is -1.65. The molecule has 2 aromatic heterocycles. The van der Waals surface area contributed by atoms with Crippen molar-refractivity contribution in [1.29, 1.82) is 0 Å². The molecule has 0 aliphatic heterocycles. The van der Waals surface area contributed by atoms with Crippen molar-refractivity contribution in [2.75, 3.05) is 0 Å². The van der Waals surface area contributed by atoms with Crippen molar-refractivity contribution in [3.8, 4) is 0 Å². The number of aryl methyl sites for hydroxylation is 2. The van der Waals surface area contributed by atoms with E-state index in [0.717, 1.165) is 24.4 Å². The van der Waals surface area contributed by atoms with Crippen LogP contribution in [0, 0.1) is 0 Å². The first-order valence-corrected chi connectivity index (χ1v) is 7.90. The Labute approximate surface area is 123 Å². The van der Waals surface area contributed by atoms with Crippen molar-refractivity contribution in [1.82, 2.24) is 9.78 Å². The topological polar surface area (TPSA) is 43.8 Å². The van der Waals surface area contributed by atoms with E-state index < -0.39 is 0 Å². The van der Waals surface area contributed by atoms with E-state index in [1.165, 1.54) is 15.6 Å². The zero-order valence-electron chi connectivity index (χ0n) is 11.8. The second-order valence-corrected chi connectivity index (χ2v) is 5.81. The molecule has 0 radical (unpaired) electrons. The summed E-state index contributed by atoms with van der Waals surface area (Å²) < 4.78 is 3.30. The Kier molecular flexibility index (Phi) is 3.59. The van der Waals surface area contributed by atoms with Crippen LogP contribution in [0.25, 0.3) is 10.1 Å². The molecule has 1 aromatic carbocycles. The van der Waals surface area contributed by atoms with E-state index in [-0.39, 0.29) is 6.04 Å². The van der Waals surface area contributed by atoms with Gasteiger partial charge in [0.15, 0.2) is 0 Å². The average Bonchev–Trinajstić information content (AvgIpc) is 3.11. The van der Waals surface area contributed by atoms with Gasteiger partial charge in [-0.3, -0.25) is 4.68 Å². The quantitative estimate of drug-likeness (QED) is 0.794. The predicted molar refractivity (Wildman–Crippen MR) is 85.1 cm³/mol. The Morgan fingerprint density at radius 3 is 2.90 bits per heavy atom. The van der Waals surface area contributed by atoms with Crippen molar-refractivity contribution < 1.29 is 0 Å². The van der Waals surface area contributed by atoms with Gasteiger partial charge in [0.25, 0.3) is 0 Å². The molecule has 2 N–H and O–H groups in total. The van der Waals surface area contributed by atoms with E-state index >= 15 is 0 Å². The summed E-state index contributed by atoms with van der Waals surface area (Å²) >= 11 is 1.75. The molecule has 2 heterocycles. The minimum Gasteiger partial charge on any atom is -0.319 e. The summed E-state index contributed by atoms with van der Waals surface area (Å²) in [5.74, 6) is 0. The molecule has 3 aromatic rings. The summed E-state index contributed by atoms with van der Waals surface area (Å²) in [7, 11) is 0. The van der Waals surface area contributed by atoms with Gasteiger partial charge in [0, 0.05) is 11.2 Å². The molecule has 0 aliphatic rings. The lowest BCUT2D eigenvalue weighted by atomic mass is 10.0. The first-order valence-electron chi connectivity index (χ1n) is 7.03. The highest BCUT2D eigenvalue weighted by atomic mass is 32.1. The van der Waals surface area contributed by atoms with Crippen molar-refractivity contribution in [2.24, 2.45) is 5.73 Å². The Bertz CT molecular complexity index is 726. The third-order valence-electron chi connectivity index (χ3n) is 3.69. The van der Waals surface area contributed by atoms with Crippen LogP contribution in [0.1, 0.15) is 36.8 Å². The number of fused-ring (bicyclic) bond motifs is 1. The molecule has 20 heavy (non-hydrogen) atoms. The molecule has 0 aliphatic carbocycles. The van der Waals surface area contributed by atoms with Gasteiger partial charge in [-0.2, -0.15) is 5.10 Å². The molecular formula is C16H19N3S. The van der Waals surface area contributed by atoms with Crippen LogP contribution in [-0.4, -0.2) is 9.78 Å². The standard InChI is InChI=1S/C16H19N3S/c1-3-12-10-14(19(4-2)18-12)15(17)13-7-5-6-11-8-9-20-16(11)13/h5-10,15H,3-4,17H2,1-2H3. The van der Waals surface area contributed by atoms with Crippen molar-refractivity contribution in [3.05, 3.63) is 52.7 Å². The van der Waals surface area contributed by atoms with Gasteiger partial charge in [-0.05, 0) is 41.8 Å². The molecule has 0 fully saturated rings. The number of thiophene rings is 1. The van der Waals surface area contributed by atoms with Crippen molar-refractivity contribution >= 4 is 21.4 Å². The predicted octanol–water partition coefficient (Wildman–Crippen LogP) is 3.73. The van der Waals surface area contributed by atoms with E-state index in [1.807, 2.05) is 4.68 Å². The number of hydrogen-bond donors (Lipinski definition) is 1. The molecular weight excluding hydrogens is 266 g/mol. The number of rotatable bonds is 4. The third-order valence-corrected chi connectivity index (χ3v) is 4.67. The fourth-order valence-corrected chi connectivity index (χ4v) is 3.54. The lowest BCUT2D eigenvalue weighted by molar-refractivity contribution is 0.596. The van der Waals surface area contributed by atoms with Crippen LogP contribution < -0.4 is 5.73 Å². The normalized spacial score (nSPS) is 12.9. The molecule has 0 amide bonds. The van der Waals surface area contributed by atoms with E-state index in [9.17, 15) is 0 Å². The van der Waals surface area contributed by atoms with Crippen LogP contribution in [0.2, 0.25) is 0 Å². The largest absolute Gasteiger partial charge is 0.319 e. The number of hydrogen-bond acceptors (Lipinski definition) is 3. The summed E-state index contributed by atoms with van der Waals surface area (Å²) in [6, 6.07) is 10.5. The molecule has 104 valence electrons. The van der Waals surface area contributed by atoms with Gasteiger partial charge in [-0.15, -0.1) is 11.3 Å². The number of nitrogens with two attached hydrogens (primary N) is 1. The zero-order valence-corrected chi connectivity index (χ0v) is 12.7. The summed E-state index contributed by atoms with van der Waals surface area (Å²) in [6.45, 7) is 5.08. The lowest BCUT2D eigenvalue weighted by Gasteiger charge is -2.14. The minimum absolute atomic E-state index is 0.120. The van der Waals surface area contributed by atoms with Gasteiger partial charge in [0.05, 0.1) is 17.4 Å². The first-order chi connectivity index (χ1) is 9.74. The fraction of sp³-hybridized carbons (Fsp3) is 0.312.